The number of nitrogens with zero attached hydrogens (tertiary/aromatic N) is 2. The minimum Gasteiger partial charge on any atom is -0.493 e. The third-order valence-corrected chi connectivity index (χ3v) is 5.68. The van der Waals surface area contributed by atoms with Gasteiger partial charge in [-0.1, -0.05) is 26.0 Å². The minimum atomic E-state index is -4.62. The lowest BCUT2D eigenvalue weighted by Crippen LogP contribution is -2.50. The van der Waals surface area contributed by atoms with Gasteiger partial charge in [-0.05, 0) is 42.7 Å². The summed E-state index contributed by atoms with van der Waals surface area (Å²) >= 11 is 0. The molecule has 1 saturated heterocycles. The first-order chi connectivity index (χ1) is 16.1. The maximum absolute atomic E-state index is 13.3. The predicted octanol–water partition coefficient (Wildman–Crippen LogP) is 4.74. The summed E-state index contributed by atoms with van der Waals surface area (Å²) in [5.41, 5.74) is -0.927. The number of piperazine rings is 1. The van der Waals surface area contributed by atoms with Crippen LogP contribution in [-0.2, 0) is 6.18 Å². The predicted molar refractivity (Wildman–Crippen MR) is 121 cm³/mol. The smallest absolute Gasteiger partial charge is 0.417 e. The van der Waals surface area contributed by atoms with Gasteiger partial charge in [0.2, 0.25) is 0 Å². The van der Waals surface area contributed by atoms with Gasteiger partial charge in [-0.25, -0.2) is 0 Å². The first-order valence-corrected chi connectivity index (χ1v) is 11.2. The number of hydrogen-bond acceptors (Lipinski definition) is 4. The van der Waals surface area contributed by atoms with E-state index in [2.05, 4.69) is 13.8 Å². The van der Waals surface area contributed by atoms with Crippen molar-refractivity contribution < 1.29 is 32.2 Å². The average molecular weight is 479 g/mol. The van der Waals surface area contributed by atoms with Gasteiger partial charge in [0.25, 0.3) is 11.8 Å². The molecule has 1 aliphatic rings. The van der Waals surface area contributed by atoms with Crippen molar-refractivity contribution in [3.05, 3.63) is 59.2 Å². The molecule has 2 amide bonds. The molecule has 6 nitrogen and oxygen atoms in total. The van der Waals surface area contributed by atoms with Gasteiger partial charge in [0.05, 0.1) is 24.8 Å². The minimum absolute atomic E-state index is 0.143. The van der Waals surface area contributed by atoms with Crippen molar-refractivity contribution in [2.45, 2.75) is 26.4 Å². The zero-order valence-electron chi connectivity index (χ0n) is 19.5. The van der Waals surface area contributed by atoms with Crippen LogP contribution in [0.2, 0.25) is 0 Å². The molecule has 0 atom stereocenters. The van der Waals surface area contributed by atoms with Crippen LogP contribution in [0.1, 0.15) is 46.5 Å². The Morgan fingerprint density at radius 1 is 0.941 bits per heavy atom. The summed E-state index contributed by atoms with van der Waals surface area (Å²) in [7, 11) is 1.50. The first-order valence-electron chi connectivity index (χ1n) is 11.2. The maximum Gasteiger partial charge on any atom is 0.417 e. The fourth-order valence-corrected chi connectivity index (χ4v) is 3.71. The van der Waals surface area contributed by atoms with E-state index in [9.17, 15) is 22.8 Å². The van der Waals surface area contributed by atoms with Crippen molar-refractivity contribution in [3.63, 3.8) is 0 Å². The number of carbonyl (C=O) groups is 2. The van der Waals surface area contributed by atoms with Crippen LogP contribution in [0.5, 0.6) is 11.5 Å². The number of alkyl halides is 3. The lowest BCUT2D eigenvalue weighted by atomic mass is 10.1. The summed E-state index contributed by atoms with van der Waals surface area (Å²) in [5.74, 6) is 0.573. The molecule has 0 N–H and O–H groups in total. The van der Waals surface area contributed by atoms with Crippen LogP contribution in [0.25, 0.3) is 0 Å². The molecule has 2 aromatic rings. The molecule has 0 unspecified atom stereocenters. The molecule has 1 heterocycles. The molecular formula is C25H29F3N2O4. The lowest BCUT2D eigenvalue weighted by molar-refractivity contribution is -0.138. The summed E-state index contributed by atoms with van der Waals surface area (Å²) in [6, 6.07) is 9.71. The van der Waals surface area contributed by atoms with E-state index < -0.39 is 17.6 Å². The van der Waals surface area contributed by atoms with Crippen molar-refractivity contribution in [2.75, 3.05) is 39.9 Å². The highest BCUT2D eigenvalue weighted by molar-refractivity contribution is 5.97. The first kappa shape index (κ1) is 25.4. The number of rotatable bonds is 7. The van der Waals surface area contributed by atoms with Crippen molar-refractivity contribution in [2.24, 2.45) is 5.92 Å². The van der Waals surface area contributed by atoms with Crippen LogP contribution in [0, 0.1) is 5.92 Å². The number of carbonyl (C=O) groups excluding carboxylic acids is 2. The van der Waals surface area contributed by atoms with Gasteiger partial charge >= 0.3 is 6.18 Å². The van der Waals surface area contributed by atoms with Gasteiger partial charge in [-0.15, -0.1) is 0 Å². The van der Waals surface area contributed by atoms with E-state index >= 15 is 0 Å². The van der Waals surface area contributed by atoms with Gasteiger partial charge in [-0.2, -0.15) is 13.2 Å². The molecule has 1 aliphatic heterocycles. The number of halogens is 3. The zero-order chi connectivity index (χ0) is 24.9. The molecule has 0 bridgehead atoms. The Hall–Kier alpha value is -3.23. The topological polar surface area (TPSA) is 59.1 Å². The molecule has 0 spiro atoms. The molecule has 0 saturated carbocycles. The fraction of sp³-hybridized carbons (Fsp3) is 0.440. The quantitative estimate of drug-likeness (QED) is 0.577. The van der Waals surface area contributed by atoms with Crippen LogP contribution in [0.3, 0.4) is 0 Å². The monoisotopic (exact) mass is 478 g/mol. The number of hydrogen-bond donors (Lipinski definition) is 0. The number of methoxy groups -OCH3 is 1. The van der Waals surface area contributed by atoms with Gasteiger partial charge < -0.3 is 19.3 Å². The average Bonchev–Trinajstić information content (AvgIpc) is 2.82. The Morgan fingerprint density at radius 3 is 2.15 bits per heavy atom. The zero-order valence-corrected chi connectivity index (χ0v) is 19.5. The summed E-state index contributed by atoms with van der Waals surface area (Å²) in [5, 5.41) is 0. The Morgan fingerprint density at radius 2 is 1.56 bits per heavy atom. The summed E-state index contributed by atoms with van der Waals surface area (Å²) in [6.45, 7) is 5.46. The second-order valence-corrected chi connectivity index (χ2v) is 8.52. The van der Waals surface area contributed by atoms with Crippen molar-refractivity contribution >= 4 is 11.8 Å². The fourth-order valence-electron chi connectivity index (χ4n) is 3.71. The molecule has 1 fully saturated rings. The van der Waals surface area contributed by atoms with E-state index in [-0.39, 0.29) is 37.6 Å². The Bertz CT molecular complexity index is 1020. The summed E-state index contributed by atoms with van der Waals surface area (Å²) < 4.78 is 51.0. The SMILES string of the molecule is COc1cc(C(=O)N2CCN(C(=O)c3ccccc3C(F)(F)F)CC2)ccc1OCCC(C)C. The van der Waals surface area contributed by atoms with E-state index in [1.165, 1.54) is 30.2 Å². The second-order valence-electron chi connectivity index (χ2n) is 8.52. The van der Waals surface area contributed by atoms with Crippen LogP contribution < -0.4 is 9.47 Å². The van der Waals surface area contributed by atoms with E-state index in [0.717, 1.165) is 12.5 Å². The van der Waals surface area contributed by atoms with E-state index in [1.54, 1.807) is 23.1 Å². The van der Waals surface area contributed by atoms with Gasteiger partial charge in [-0.3, -0.25) is 9.59 Å². The molecule has 9 heteroatoms. The normalized spacial score (nSPS) is 14.3. The van der Waals surface area contributed by atoms with Crippen LogP contribution in [0.4, 0.5) is 13.2 Å². The molecule has 184 valence electrons. The summed E-state index contributed by atoms with van der Waals surface area (Å²) in [4.78, 5) is 28.7. The van der Waals surface area contributed by atoms with E-state index in [4.69, 9.17) is 9.47 Å². The largest absolute Gasteiger partial charge is 0.493 e. The third kappa shape index (κ3) is 6.01. The maximum atomic E-state index is 13.3. The molecule has 0 radical (unpaired) electrons. The molecule has 34 heavy (non-hydrogen) atoms. The van der Waals surface area contributed by atoms with Crippen molar-refractivity contribution in [1.82, 2.24) is 9.80 Å². The second kappa shape index (κ2) is 10.8. The van der Waals surface area contributed by atoms with Crippen molar-refractivity contribution in [3.8, 4) is 11.5 Å². The molecular weight excluding hydrogens is 449 g/mol. The van der Waals surface area contributed by atoms with E-state index in [0.29, 0.717) is 29.6 Å². The number of benzene rings is 2. The van der Waals surface area contributed by atoms with Gasteiger partial charge in [0.1, 0.15) is 0 Å². The standard InChI is InChI=1S/C25H29F3N2O4/c1-17(2)10-15-34-21-9-8-18(16-22(21)33-3)23(31)29-11-13-30(14-12-29)24(32)19-6-4-5-7-20(19)25(26,27)28/h4-9,16-17H,10-15H2,1-3H3. The highest BCUT2D eigenvalue weighted by Crippen LogP contribution is 2.33. The lowest BCUT2D eigenvalue weighted by Gasteiger charge is -2.35. The Kier molecular flexibility index (Phi) is 8.06. The Labute approximate surface area is 197 Å². The van der Waals surface area contributed by atoms with Crippen LogP contribution >= 0.6 is 0 Å². The van der Waals surface area contributed by atoms with Gasteiger partial charge in [0, 0.05) is 31.7 Å². The summed E-state index contributed by atoms with van der Waals surface area (Å²) in [6.07, 6.45) is -3.73. The molecule has 0 aliphatic carbocycles. The number of ether oxygens (including phenoxy) is 2. The van der Waals surface area contributed by atoms with Crippen LogP contribution in [0.15, 0.2) is 42.5 Å². The highest BCUT2D eigenvalue weighted by atomic mass is 19.4. The van der Waals surface area contributed by atoms with Crippen molar-refractivity contribution in [1.29, 1.82) is 0 Å². The van der Waals surface area contributed by atoms with Crippen LogP contribution in [-0.4, -0.2) is 61.5 Å². The van der Waals surface area contributed by atoms with E-state index in [1.807, 2.05) is 0 Å². The third-order valence-electron chi connectivity index (χ3n) is 5.68. The molecule has 2 aromatic carbocycles. The highest BCUT2D eigenvalue weighted by Gasteiger charge is 2.36. The van der Waals surface area contributed by atoms with Gasteiger partial charge in [0.15, 0.2) is 11.5 Å². The Balaban J connectivity index is 1.64. The molecule has 3 rings (SSSR count). The number of amides is 2. The molecule has 0 aromatic heterocycles.